The van der Waals surface area contributed by atoms with Gasteiger partial charge in [0, 0.05) is 13.1 Å². The average molecular weight is 258 g/mol. The minimum absolute atomic E-state index is 0.168. The van der Waals surface area contributed by atoms with Crippen LogP contribution in [0.4, 0.5) is 13.2 Å². The van der Waals surface area contributed by atoms with Crippen molar-refractivity contribution in [1.29, 1.82) is 0 Å². The third kappa shape index (κ3) is 3.01. The number of hydrogen-bond donors (Lipinski definition) is 2. The van der Waals surface area contributed by atoms with Crippen molar-refractivity contribution in [3.8, 4) is 0 Å². The lowest BCUT2D eigenvalue weighted by atomic mass is 10.0. The highest BCUT2D eigenvalue weighted by atomic mass is 19.4. The zero-order valence-corrected chi connectivity index (χ0v) is 9.55. The van der Waals surface area contributed by atoms with Crippen LogP contribution in [0.25, 0.3) is 0 Å². The predicted octanol–water partition coefficient (Wildman–Crippen LogP) is 1.34. The van der Waals surface area contributed by atoms with E-state index in [4.69, 9.17) is 0 Å². The minimum Gasteiger partial charge on any atom is -0.353 e. The maximum absolute atomic E-state index is 12.5. The van der Waals surface area contributed by atoms with E-state index in [9.17, 15) is 18.0 Å². The third-order valence-corrected chi connectivity index (χ3v) is 2.83. The fourth-order valence-electron chi connectivity index (χ4n) is 1.92. The van der Waals surface area contributed by atoms with Gasteiger partial charge in [0.1, 0.15) is 0 Å². The monoisotopic (exact) mass is 258 g/mol. The van der Waals surface area contributed by atoms with Crippen LogP contribution in [-0.2, 0) is 17.4 Å². The predicted molar refractivity (Wildman–Crippen MR) is 59.9 cm³/mol. The molecule has 98 valence electrons. The molecule has 0 spiro atoms. The molecule has 18 heavy (non-hydrogen) atoms. The van der Waals surface area contributed by atoms with Crippen molar-refractivity contribution in [2.75, 3.05) is 13.1 Å². The Morgan fingerprint density at radius 3 is 2.72 bits per heavy atom. The number of piperazine rings is 1. The molecule has 0 radical (unpaired) electrons. The number of alkyl halides is 3. The van der Waals surface area contributed by atoms with Gasteiger partial charge >= 0.3 is 6.18 Å². The lowest BCUT2D eigenvalue weighted by Gasteiger charge is -2.23. The lowest BCUT2D eigenvalue weighted by molar-refractivity contribution is -0.137. The summed E-state index contributed by atoms with van der Waals surface area (Å²) in [6.07, 6.45) is -4.09. The summed E-state index contributed by atoms with van der Waals surface area (Å²) >= 11 is 0. The quantitative estimate of drug-likeness (QED) is 0.840. The maximum Gasteiger partial charge on any atom is 0.416 e. The van der Waals surface area contributed by atoms with Crippen molar-refractivity contribution < 1.29 is 18.0 Å². The Labute approximate surface area is 102 Å². The summed E-state index contributed by atoms with van der Waals surface area (Å²) in [6.45, 7) is 1.19. The molecule has 1 fully saturated rings. The van der Waals surface area contributed by atoms with Gasteiger partial charge in [0.05, 0.1) is 11.6 Å². The van der Waals surface area contributed by atoms with Gasteiger partial charge < -0.3 is 10.6 Å². The fraction of sp³-hybridized carbons (Fsp3) is 0.417. The van der Waals surface area contributed by atoms with Gasteiger partial charge in [0.25, 0.3) is 0 Å². The Morgan fingerprint density at radius 2 is 2.06 bits per heavy atom. The van der Waals surface area contributed by atoms with E-state index in [-0.39, 0.29) is 12.3 Å². The summed E-state index contributed by atoms with van der Waals surface area (Å²) in [7, 11) is 0. The summed E-state index contributed by atoms with van der Waals surface area (Å²) in [5.41, 5.74) is -0.185. The molecule has 6 heteroatoms. The molecular weight excluding hydrogens is 245 g/mol. The van der Waals surface area contributed by atoms with Gasteiger partial charge in [-0.15, -0.1) is 0 Å². The number of amides is 1. The molecule has 1 amide bonds. The van der Waals surface area contributed by atoms with E-state index in [1.807, 2.05) is 0 Å². The van der Waals surface area contributed by atoms with E-state index in [0.29, 0.717) is 18.7 Å². The minimum atomic E-state index is -4.35. The summed E-state index contributed by atoms with van der Waals surface area (Å²) in [5.74, 6) is -0.168. The molecular formula is C12H13F3N2O. The SMILES string of the molecule is O=C1NCCN[C@H]1Cc1cccc(C(F)(F)F)c1. The highest BCUT2D eigenvalue weighted by Crippen LogP contribution is 2.29. The Morgan fingerprint density at radius 1 is 1.28 bits per heavy atom. The van der Waals surface area contributed by atoms with E-state index < -0.39 is 17.8 Å². The molecule has 1 atom stereocenters. The van der Waals surface area contributed by atoms with Gasteiger partial charge in [-0.25, -0.2) is 0 Å². The van der Waals surface area contributed by atoms with Crippen LogP contribution < -0.4 is 10.6 Å². The molecule has 0 bridgehead atoms. The zero-order valence-electron chi connectivity index (χ0n) is 9.55. The van der Waals surface area contributed by atoms with E-state index in [0.717, 1.165) is 12.1 Å². The van der Waals surface area contributed by atoms with Crippen molar-refractivity contribution in [3.63, 3.8) is 0 Å². The van der Waals surface area contributed by atoms with Gasteiger partial charge in [0.2, 0.25) is 5.91 Å². The Balaban J connectivity index is 2.12. The first-order valence-electron chi connectivity index (χ1n) is 5.64. The second kappa shape index (κ2) is 4.97. The molecule has 0 aliphatic carbocycles. The molecule has 1 heterocycles. The number of hydrogen-bond acceptors (Lipinski definition) is 2. The molecule has 1 aliphatic rings. The van der Waals surface area contributed by atoms with Gasteiger partial charge in [-0.1, -0.05) is 18.2 Å². The largest absolute Gasteiger partial charge is 0.416 e. The third-order valence-electron chi connectivity index (χ3n) is 2.83. The fourth-order valence-corrected chi connectivity index (χ4v) is 1.92. The summed E-state index contributed by atoms with van der Waals surface area (Å²) in [6, 6.07) is 4.61. The van der Waals surface area contributed by atoms with Crippen LogP contribution in [0.2, 0.25) is 0 Å². The Kier molecular flexibility index (Phi) is 3.56. The highest BCUT2D eigenvalue weighted by molar-refractivity contribution is 5.82. The molecule has 1 aromatic rings. The first-order valence-corrected chi connectivity index (χ1v) is 5.64. The second-order valence-electron chi connectivity index (χ2n) is 4.20. The van der Waals surface area contributed by atoms with Crippen LogP contribution in [0.3, 0.4) is 0 Å². The maximum atomic E-state index is 12.5. The lowest BCUT2D eigenvalue weighted by Crippen LogP contribution is -2.53. The normalized spacial score (nSPS) is 20.6. The van der Waals surface area contributed by atoms with Crippen LogP contribution in [-0.4, -0.2) is 25.0 Å². The van der Waals surface area contributed by atoms with Gasteiger partial charge in [-0.05, 0) is 18.1 Å². The number of carbonyl (C=O) groups excluding carboxylic acids is 1. The summed E-state index contributed by atoms with van der Waals surface area (Å²) in [4.78, 5) is 11.5. The van der Waals surface area contributed by atoms with E-state index in [2.05, 4.69) is 10.6 Å². The first-order chi connectivity index (χ1) is 8.47. The molecule has 1 saturated heterocycles. The van der Waals surface area contributed by atoms with Crippen molar-refractivity contribution in [3.05, 3.63) is 35.4 Å². The van der Waals surface area contributed by atoms with Crippen molar-refractivity contribution in [2.24, 2.45) is 0 Å². The Hall–Kier alpha value is -1.56. The Bertz CT molecular complexity index is 445. The average Bonchev–Trinajstić information content (AvgIpc) is 2.31. The summed E-state index contributed by atoms with van der Waals surface area (Å²) < 4.78 is 37.6. The number of rotatable bonds is 2. The van der Waals surface area contributed by atoms with Gasteiger partial charge in [0.15, 0.2) is 0 Å². The smallest absolute Gasteiger partial charge is 0.353 e. The van der Waals surface area contributed by atoms with Gasteiger partial charge in [-0.2, -0.15) is 13.2 Å². The molecule has 0 aromatic heterocycles. The van der Waals surface area contributed by atoms with Crippen LogP contribution in [0.5, 0.6) is 0 Å². The first kappa shape index (κ1) is 12.9. The van der Waals surface area contributed by atoms with Crippen LogP contribution in [0.15, 0.2) is 24.3 Å². The molecule has 0 saturated carbocycles. The molecule has 1 aliphatic heterocycles. The molecule has 1 aromatic carbocycles. The van der Waals surface area contributed by atoms with E-state index >= 15 is 0 Å². The van der Waals surface area contributed by atoms with Crippen molar-refractivity contribution >= 4 is 5.91 Å². The van der Waals surface area contributed by atoms with E-state index in [1.54, 1.807) is 6.07 Å². The highest BCUT2D eigenvalue weighted by Gasteiger charge is 2.31. The summed E-state index contributed by atoms with van der Waals surface area (Å²) in [5, 5.41) is 5.66. The number of carbonyl (C=O) groups is 1. The van der Waals surface area contributed by atoms with Crippen LogP contribution in [0, 0.1) is 0 Å². The molecule has 0 unspecified atom stereocenters. The molecule has 2 rings (SSSR count). The standard InChI is InChI=1S/C12H13F3N2O/c13-12(14,15)9-3-1-2-8(6-9)7-10-11(18)17-5-4-16-10/h1-3,6,10,16H,4-5,7H2,(H,17,18)/t10-/m0/s1. The van der Waals surface area contributed by atoms with Crippen molar-refractivity contribution in [2.45, 2.75) is 18.6 Å². The number of nitrogens with one attached hydrogen (secondary N) is 2. The van der Waals surface area contributed by atoms with Crippen molar-refractivity contribution in [1.82, 2.24) is 10.6 Å². The molecule has 2 N–H and O–H groups in total. The van der Waals surface area contributed by atoms with Crippen LogP contribution >= 0.6 is 0 Å². The van der Waals surface area contributed by atoms with Gasteiger partial charge in [-0.3, -0.25) is 4.79 Å². The van der Waals surface area contributed by atoms with Crippen LogP contribution in [0.1, 0.15) is 11.1 Å². The molecule has 3 nitrogen and oxygen atoms in total. The topological polar surface area (TPSA) is 41.1 Å². The number of benzene rings is 1. The number of halogens is 3. The zero-order chi connectivity index (χ0) is 13.2. The second-order valence-corrected chi connectivity index (χ2v) is 4.20. The van der Waals surface area contributed by atoms with E-state index in [1.165, 1.54) is 6.07 Å².